The van der Waals surface area contributed by atoms with E-state index in [4.69, 9.17) is 4.74 Å². The topological polar surface area (TPSA) is 98.6 Å². The number of carbonyl (C=O) groups is 1. The van der Waals surface area contributed by atoms with Crippen LogP contribution in [-0.4, -0.2) is 64.0 Å². The summed E-state index contributed by atoms with van der Waals surface area (Å²) in [5.74, 6) is -0.540. The SMILES string of the molecule is CC(C)NC(=O)Cn1c(-c2cccc(OC(F)(F)F)c2)nc2ncc(OCCCN3CCCCCC3)cc2c1=O. The van der Waals surface area contributed by atoms with E-state index in [2.05, 4.69) is 24.9 Å². The maximum atomic E-state index is 13.6. The van der Waals surface area contributed by atoms with Crippen LogP contribution >= 0.6 is 0 Å². The van der Waals surface area contributed by atoms with Crippen LogP contribution < -0.4 is 20.3 Å². The third kappa shape index (κ3) is 8.17. The molecule has 1 aliphatic heterocycles. The molecular weight excluding hydrogens is 527 g/mol. The van der Waals surface area contributed by atoms with Crippen molar-refractivity contribution in [2.75, 3.05) is 26.2 Å². The molecule has 0 radical (unpaired) electrons. The molecule has 1 N–H and O–H groups in total. The number of aromatic nitrogens is 3. The molecule has 0 atom stereocenters. The Labute approximate surface area is 230 Å². The third-order valence-electron chi connectivity index (χ3n) is 6.45. The Kier molecular flexibility index (Phi) is 9.62. The second-order valence-electron chi connectivity index (χ2n) is 10.1. The molecule has 4 rings (SSSR count). The van der Waals surface area contributed by atoms with Gasteiger partial charge in [0.05, 0.1) is 18.2 Å². The molecule has 216 valence electrons. The maximum Gasteiger partial charge on any atom is 0.573 e. The van der Waals surface area contributed by atoms with Gasteiger partial charge in [0.25, 0.3) is 5.56 Å². The smallest absolute Gasteiger partial charge is 0.492 e. The Hall–Kier alpha value is -3.67. The molecule has 2 aromatic heterocycles. The first kappa shape index (κ1) is 29.3. The summed E-state index contributed by atoms with van der Waals surface area (Å²) in [4.78, 5) is 37.4. The molecule has 12 heteroatoms. The standard InChI is InChI=1S/C28H34F3N5O4/c1-19(2)33-24(37)18-36-26(20-9-7-10-21(15-20)40-28(29,30)31)34-25-23(27(36)38)16-22(17-32-25)39-14-8-13-35-11-5-3-4-6-12-35/h7,9-10,15-17,19H,3-6,8,11-14,18H2,1-2H3,(H,33,37). The van der Waals surface area contributed by atoms with E-state index in [-0.39, 0.29) is 35.0 Å². The number of benzene rings is 1. The number of carbonyl (C=O) groups excluding carboxylic acids is 1. The molecule has 40 heavy (non-hydrogen) atoms. The average Bonchev–Trinajstić information content (AvgIpc) is 3.16. The van der Waals surface area contributed by atoms with E-state index in [0.717, 1.165) is 42.8 Å². The van der Waals surface area contributed by atoms with Crippen LogP contribution in [0, 0.1) is 0 Å². The van der Waals surface area contributed by atoms with Crippen molar-refractivity contribution in [1.82, 2.24) is 24.8 Å². The lowest BCUT2D eigenvalue weighted by Gasteiger charge is -2.19. The summed E-state index contributed by atoms with van der Waals surface area (Å²) in [6.07, 6.45) is 2.37. The second kappa shape index (κ2) is 13.1. The van der Waals surface area contributed by atoms with E-state index in [1.807, 2.05) is 0 Å². The first-order valence-electron chi connectivity index (χ1n) is 13.5. The summed E-state index contributed by atoms with van der Waals surface area (Å²) in [5, 5.41) is 2.85. The minimum absolute atomic E-state index is 0.0114. The van der Waals surface area contributed by atoms with Crippen molar-refractivity contribution in [1.29, 1.82) is 0 Å². The summed E-state index contributed by atoms with van der Waals surface area (Å²) in [7, 11) is 0. The molecule has 1 amide bonds. The van der Waals surface area contributed by atoms with Crippen molar-refractivity contribution in [3.05, 3.63) is 46.9 Å². The summed E-state index contributed by atoms with van der Waals surface area (Å²) >= 11 is 0. The number of fused-ring (bicyclic) bond motifs is 1. The highest BCUT2D eigenvalue weighted by Gasteiger charge is 2.31. The minimum atomic E-state index is -4.89. The number of pyridine rings is 1. The zero-order chi connectivity index (χ0) is 28.7. The number of ether oxygens (including phenoxy) is 2. The van der Waals surface area contributed by atoms with Gasteiger partial charge in [0.2, 0.25) is 5.91 Å². The van der Waals surface area contributed by atoms with Crippen LogP contribution in [0.15, 0.2) is 41.3 Å². The Balaban J connectivity index is 1.61. The fourth-order valence-corrected chi connectivity index (χ4v) is 4.71. The van der Waals surface area contributed by atoms with Crippen LogP contribution in [0.2, 0.25) is 0 Å². The Morgan fingerprint density at radius 2 is 1.85 bits per heavy atom. The highest BCUT2D eigenvalue weighted by Crippen LogP contribution is 2.28. The van der Waals surface area contributed by atoms with E-state index in [1.165, 1.54) is 50.1 Å². The number of nitrogens with one attached hydrogen (secondary N) is 1. The van der Waals surface area contributed by atoms with E-state index < -0.39 is 23.6 Å². The van der Waals surface area contributed by atoms with Crippen molar-refractivity contribution in [2.24, 2.45) is 0 Å². The van der Waals surface area contributed by atoms with E-state index in [9.17, 15) is 22.8 Å². The Bertz CT molecular complexity index is 1370. The van der Waals surface area contributed by atoms with Crippen molar-refractivity contribution in [3.8, 4) is 22.9 Å². The largest absolute Gasteiger partial charge is 0.573 e. The molecule has 1 aliphatic rings. The van der Waals surface area contributed by atoms with Crippen molar-refractivity contribution >= 4 is 16.9 Å². The van der Waals surface area contributed by atoms with Gasteiger partial charge in [-0.2, -0.15) is 0 Å². The minimum Gasteiger partial charge on any atom is -0.492 e. The predicted octanol–water partition coefficient (Wildman–Crippen LogP) is 4.53. The van der Waals surface area contributed by atoms with Crippen molar-refractivity contribution < 1.29 is 27.4 Å². The molecule has 1 aromatic carbocycles. The molecule has 0 aliphatic carbocycles. The normalized spacial score (nSPS) is 14.8. The van der Waals surface area contributed by atoms with Gasteiger partial charge in [0, 0.05) is 18.2 Å². The number of amides is 1. The quantitative estimate of drug-likeness (QED) is 0.363. The lowest BCUT2D eigenvalue weighted by atomic mass is 10.2. The third-order valence-corrected chi connectivity index (χ3v) is 6.45. The van der Waals surface area contributed by atoms with Crippen molar-refractivity contribution in [3.63, 3.8) is 0 Å². The monoisotopic (exact) mass is 561 g/mol. The van der Waals surface area contributed by atoms with Gasteiger partial charge in [-0.1, -0.05) is 25.0 Å². The molecule has 0 unspecified atom stereocenters. The number of hydrogen-bond acceptors (Lipinski definition) is 7. The molecule has 0 spiro atoms. The van der Waals surface area contributed by atoms with Gasteiger partial charge in [-0.15, -0.1) is 13.2 Å². The van der Waals surface area contributed by atoms with E-state index in [1.54, 1.807) is 13.8 Å². The van der Waals surface area contributed by atoms with Crippen LogP contribution in [0.1, 0.15) is 46.0 Å². The Morgan fingerprint density at radius 1 is 1.10 bits per heavy atom. The number of rotatable bonds is 10. The number of halogens is 3. The summed E-state index contributed by atoms with van der Waals surface area (Å²) in [5.41, 5.74) is -0.322. The fraction of sp³-hybridized carbons (Fsp3) is 0.500. The lowest BCUT2D eigenvalue weighted by molar-refractivity contribution is -0.274. The van der Waals surface area contributed by atoms with Gasteiger partial charge in [0.15, 0.2) is 5.65 Å². The highest BCUT2D eigenvalue weighted by atomic mass is 19.4. The van der Waals surface area contributed by atoms with Gasteiger partial charge in [0.1, 0.15) is 23.9 Å². The van der Waals surface area contributed by atoms with E-state index in [0.29, 0.717) is 12.4 Å². The van der Waals surface area contributed by atoms with Gasteiger partial charge >= 0.3 is 6.36 Å². The molecule has 9 nitrogen and oxygen atoms in total. The predicted molar refractivity (Wildman–Crippen MR) is 144 cm³/mol. The molecule has 3 aromatic rings. The van der Waals surface area contributed by atoms with E-state index >= 15 is 0 Å². The maximum absolute atomic E-state index is 13.6. The zero-order valence-corrected chi connectivity index (χ0v) is 22.7. The molecule has 3 heterocycles. The second-order valence-corrected chi connectivity index (χ2v) is 10.1. The van der Waals surface area contributed by atoms with Crippen LogP contribution in [0.4, 0.5) is 13.2 Å². The van der Waals surface area contributed by atoms with Gasteiger partial charge in [-0.25, -0.2) is 9.97 Å². The first-order valence-corrected chi connectivity index (χ1v) is 13.5. The van der Waals surface area contributed by atoms with Gasteiger partial charge in [-0.05, 0) is 64.4 Å². The molecule has 1 fully saturated rings. The Morgan fingerprint density at radius 3 is 2.55 bits per heavy atom. The van der Waals surface area contributed by atoms with Gasteiger partial charge < -0.3 is 19.7 Å². The molecule has 1 saturated heterocycles. The number of alkyl halides is 3. The van der Waals surface area contributed by atoms with Gasteiger partial charge in [-0.3, -0.25) is 14.2 Å². The average molecular weight is 562 g/mol. The molecule has 0 saturated carbocycles. The van der Waals surface area contributed by atoms with Crippen molar-refractivity contribution in [2.45, 2.75) is 64.9 Å². The highest BCUT2D eigenvalue weighted by molar-refractivity contribution is 5.80. The molecule has 0 bridgehead atoms. The van der Waals surface area contributed by atoms with Crippen LogP contribution in [-0.2, 0) is 11.3 Å². The van der Waals surface area contributed by atoms with Crippen LogP contribution in [0.25, 0.3) is 22.4 Å². The number of hydrogen-bond donors (Lipinski definition) is 1. The van der Waals surface area contributed by atoms with Crippen LogP contribution in [0.5, 0.6) is 11.5 Å². The summed E-state index contributed by atoms with van der Waals surface area (Å²) in [6.45, 7) is 6.74. The zero-order valence-electron chi connectivity index (χ0n) is 22.7. The number of nitrogens with zero attached hydrogens (tertiary/aromatic N) is 4. The molecular formula is C28H34F3N5O4. The number of likely N-dealkylation sites (tertiary alicyclic amines) is 1. The summed E-state index contributed by atoms with van der Waals surface area (Å²) in [6, 6.07) is 6.43. The fourth-order valence-electron chi connectivity index (χ4n) is 4.71. The summed E-state index contributed by atoms with van der Waals surface area (Å²) < 4.78 is 49.5. The first-order chi connectivity index (χ1) is 19.1. The van der Waals surface area contributed by atoms with Crippen LogP contribution in [0.3, 0.4) is 0 Å². The lowest BCUT2D eigenvalue weighted by Crippen LogP contribution is -2.37.